The van der Waals surface area contributed by atoms with Gasteiger partial charge in [-0.3, -0.25) is 4.90 Å². The number of hydrogen-bond donors (Lipinski definition) is 1. The molecule has 1 aromatic carbocycles. The van der Waals surface area contributed by atoms with Gasteiger partial charge in [0.15, 0.2) is 0 Å². The van der Waals surface area contributed by atoms with Crippen LogP contribution in [-0.4, -0.2) is 37.7 Å². The molecule has 1 N–H and O–H groups in total. The molecule has 1 fully saturated rings. The van der Waals surface area contributed by atoms with E-state index < -0.39 is 0 Å². The van der Waals surface area contributed by atoms with E-state index in [0.29, 0.717) is 24.3 Å². The molecule has 1 heterocycles. The molecule has 0 radical (unpaired) electrons. The molecule has 0 amide bonds. The number of nitrogens with one attached hydrogen (secondary N) is 1. The number of ether oxygens (including phenoxy) is 1. The molecule has 3 nitrogen and oxygen atoms in total. The van der Waals surface area contributed by atoms with Gasteiger partial charge in [-0.25, -0.2) is 4.39 Å². The van der Waals surface area contributed by atoms with Gasteiger partial charge in [-0.05, 0) is 31.5 Å². The SMILES string of the molecule is CCC(C)C1CN(Cc2ccc(OC)cc2F)CCCN1. The Morgan fingerprint density at radius 2 is 2.29 bits per heavy atom. The second-order valence-electron chi connectivity index (χ2n) is 5.99. The Morgan fingerprint density at radius 1 is 1.48 bits per heavy atom. The summed E-state index contributed by atoms with van der Waals surface area (Å²) in [5.74, 6) is 1.05. The van der Waals surface area contributed by atoms with Gasteiger partial charge in [0.2, 0.25) is 0 Å². The van der Waals surface area contributed by atoms with Crippen LogP contribution in [0.15, 0.2) is 18.2 Å². The zero-order chi connectivity index (χ0) is 15.2. The van der Waals surface area contributed by atoms with E-state index in [2.05, 4.69) is 24.1 Å². The Hall–Kier alpha value is -1.13. The molecule has 21 heavy (non-hydrogen) atoms. The largest absolute Gasteiger partial charge is 0.497 e. The summed E-state index contributed by atoms with van der Waals surface area (Å²) in [6, 6.07) is 5.64. The molecule has 1 aromatic rings. The Balaban J connectivity index is 2.03. The molecular formula is C17H27FN2O. The summed E-state index contributed by atoms with van der Waals surface area (Å²) in [4.78, 5) is 2.36. The average molecular weight is 294 g/mol. The molecule has 1 aliphatic heterocycles. The van der Waals surface area contributed by atoms with Gasteiger partial charge >= 0.3 is 0 Å². The third-order valence-electron chi connectivity index (χ3n) is 4.50. The van der Waals surface area contributed by atoms with E-state index in [1.807, 2.05) is 12.1 Å². The quantitative estimate of drug-likeness (QED) is 0.903. The lowest BCUT2D eigenvalue weighted by Gasteiger charge is -2.28. The van der Waals surface area contributed by atoms with Gasteiger partial charge in [0.25, 0.3) is 0 Å². The summed E-state index contributed by atoms with van der Waals surface area (Å²) in [6.07, 6.45) is 2.28. The van der Waals surface area contributed by atoms with Gasteiger partial charge < -0.3 is 10.1 Å². The zero-order valence-electron chi connectivity index (χ0n) is 13.4. The van der Waals surface area contributed by atoms with Gasteiger partial charge in [-0.15, -0.1) is 0 Å². The molecule has 1 aliphatic rings. The number of hydrogen-bond acceptors (Lipinski definition) is 3. The molecule has 118 valence electrons. The van der Waals surface area contributed by atoms with Crippen molar-refractivity contribution in [3.05, 3.63) is 29.6 Å². The highest BCUT2D eigenvalue weighted by Crippen LogP contribution is 2.19. The molecule has 0 aliphatic carbocycles. The van der Waals surface area contributed by atoms with Crippen LogP contribution in [0.25, 0.3) is 0 Å². The van der Waals surface area contributed by atoms with E-state index >= 15 is 0 Å². The fourth-order valence-electron chi connectivity index (χ4n) is 2.86. The van der Waals surface area contributed by atoms with E-state index in [1.165, 1.54) is 12.5 Å². The standard InChI is InChI=1S/C17H27FN2O/c1-4-13(2)17-12-20(9-5-8-19-17)11-14-6-7-15(21-3)10-16(14)18/h6-7,10,13,17,19H,4-5,8-9,11-12H2,1-3H3. The predicted molar refractivity (Wildman–Crippen MR) is 84.1 cm³/mol. The maximum absolute atomic E-state index is 14.1. The lowest BCUT2D eigenvalue weighted by Crippen LogP contribution is -2.41. The molecule has 4 heteroatoms. The predicted octanol–water partition coefficient (Wildman–Crippen LogP) is 3.04. The number of nitrogens with zero attached hydrogens (tertiary/aromatic N) is 1. The Kier molecular flexibility index (Phi) is 6.00. The monoisotopic (exact) mass is 294 g/mol. The maximum Gasteiger partial charge on any atom is 0.131 e. The van der Waals surface area contributed by atoms with Crippen molar-refractivity contribution >= 4 is 0 Å². The second-order valence-corrected chi connectivity index (χ2v) is 5.99. The normalized spacial score (nSPS) is 21.8. The topological polar surface area (TPSA) is 24.5 Å². The molecule has 0 spiro atoms. The molecule has 0 aromatic heterocycles. The van der Waals surface area contributed by atoms with Gasteiger partial charge in [0.05, 0.1) is 7.11 Å². The minimum atomic E-state index is -0.174. The van der Waals surface area contributed by atoms with Crippen LogP contribution in [0, 0.1) is 11.7 Å². The summed E-state index contributed by atoms with van der Waals surface area (Å²) in [5, 5.41) is 3.63. The molecule has 2 unspecified atom stereocenters. The first kappa shape index (κ1) is 16.2. The van der Waals surface area contributed by atoms with E-state index in [0.717, 1.165) is 31.6 Å². The molecule has 0 saturated carbocycles. The average Bonchev–Trinajstić information content (AvgIpc) is 2.74. The Bertz CT molecular complexity index is 452. The van der Waals surface area contributed by atoms with Crippen LogP contribution < -0.4 is 10.1 Å². The highest BCUT2D eigenvalue weighted by molar-refractivity contribution is 5.28. The second kappa shape index (κ2) is 7.76. The van der Waals surface area contributed by atoms with Crippen molar-refractivity contribution in [1.82, 2.24) is 10.2 Å². The lowest BCUT2D eigenvalue weighted by molar-refractivity contribution is 0.229. The van der Waals surface area contributed by atoms with Crippen molar-refractivity contribution in [1.29, 1.82) is 0 Å². The van der Waals surface area contributed by atoms with Crippen LogP contribution in [0.3, 0.4) is 0 Å². The van der Waals surface area contributed by atoms with E-state index in [-0.39, 0.29) is 5.82 Å². The van der Waals surface area contributed by atoms with Crippen LogP contribution in [0.1, 0.15) is 32.3 Å². The third-order valence-corrected chi connectivity index (χ3v) is 4.50. The minimum Gasteiger partial charge on any atom is -0.497 e. The van der Waals surface area contributed by atoms with Gasteiger partial charge in [-0.1, -0.05) is 26.3 Å². The van der Waals surface area contributed by atoms with E-state index in [4.69, 9.17) is 4.74 Å². The van der Waals surface area contributed by atoms with Crippen molar-refractivity contribution in [3.8, 4) is 5.75 Å². The fourth-order valence-corrected chi connectivity index (χ4v) is 2.86. The molecule has 2 atom stereocenters. The Morgan fingerprint density at radius 3 is 2.95 bits per heavy atom. The summed E-state index contributed by atoms with van der Waals surface area (Å²) in [6.45, 7) is 8.24. The van der Waals surface area contributed by atoms with Crippen LogP contribution in [0.2, 0.25) is 0 Å². The number of halogens is 1. The van der Waals surface area contributed by atoms with Crippen molar-refractivity contribution < 1.29 is 9.13 Å². The van der Waals surface area contributed by atoms with Crippen molar-refractivity contribution in [2.75, 3.05) is 26.7 Å². The zero-order valence-corrected chi connectivity index (χ0v) is 13.4. The van der Waals surface area contributed by atoms with Crippen molar-refractivity contribution in [2.45, 2.75) is 39.3 Å². The van der Waals surface area contributed by atoms with Crippen molar-refractivity contribution in [2.24, 2.45) is 5.92 Å². The van der Waals surface area contributed by atoms with Gasteiger partial charge in [0, 0.05) is 30.8 Å². The minimum absolute atomic E-state index is 0.174. The molecule has 1 saturated heterocycles. The van der Waals surface area contributed by atoms with E-state index in [1.54, 1.807) is 7.11 Å². The van der Waals surface area contributed by atoms with Crippen molar-refractivity contribution in [3.63, 3.8) is 0 Å². The third kappa shape index (κ3) is 4.42. The van der Waals surface area contributed by atoms with Crippen LogP contribution in [-0.2, 0) is 6.54 Å². The number of benzene rings is 1. The van der Waals surface area contributed by atoms with Gasteiger partial charge in [-0.2, -0.15) is 0 Å². The summed E-state index contributed by atoms with van der Waals surface area (Å²) in [5.41, 5.74) is 0.751. The molecule has 2 rings (SSSR count). The smallest absolute Gasteiger partial charge is 0.131 e. The van der Waals surface area contributed by atoms with Crippen LogP contribution in [0.4, 0.5) is 4.39 Å². The highest BCUT2D eigenvalue weighted by Gasteiger charge is 2.22. The summed E-state index contributed by atoms with van der Waals surface area (Å²) >= 11 is 0. The van der Waals surface area contributed by atoms with Gasteiger partial charge in [0.1, 0.15) is 11.6 Å². The highest BCUT2D eigenvalue weighted by atomic mass is 19.1. The maximum atomic E-state index is 14.1. The Labute approximate surface area is 127 Å². The van der Waals surface area contributed by atoms with Crippen LogP contribution in [0.5, 0.6) is 5.75 Å². The van der Waals surface area contributed by atoms with Crippen LogP contribution >= 0.6 is 0 Å². The molecular weight excluding hydrogens is 267 g/mol. The lowest BCUT2D eigenvalue weighted by atomic mass is 9.99. The first-order valence-corrected chi connectivity index (χ1v) is 7.92. The first-order valence-electron chi connectivity index (χ1n) is 7.92. The molecule has 0 bridgehead atoms. The van der Waals surface area contributed by atoms with E-state index in [9.17, 15) is 4.39 Å². The summed E-state index contributed by atoms with van der Waals surface area (Å²) < 4.78 is 19.2. The number of methoxy groups -OCH3 is 1. The fraction of sp³-hybridized carbons (Fsp3) is 0.647. The first-order chi connectivity index (χ1) is 10.1. The summed E-state index contributed by atoms with van der Waals surface area (Å²) in [7, 11) is 1.56. The number of rotatable bonds is 5.